The molecule has 0 radical (unpaired) electrons. The third-order valence-electron chi connectivity index (χ3n) is 5.73. The van der Waals surface area contributed by atoms with Crippen molar-refractivity contribution < 1.29 is 9.90 Å². The monoisotopic (exact) mass is 320 g/mol. The number of amides is 1. The summed E-state index contributed by atoms with van der Waals surface area (Å²) in [6, 6.07) is 0.213. The number of rotatable bonds is 3. The third kappa shape index (κ3) is 3.15. The zero-order valence-corrected chi connectivity index (χ0v) is 14.5. The number of carbonyl (C=O) groups is 1. The highest BCUT2D eigenvalue weighted by Gasteiger charge is 2.43. The van der Waals surface area contributed by atoms with Gasteiger partial charge in [0.05, 0.1) is 18.2 Å². The van der Waals surface area contributed by atoms with Crippen molar-refractivity contribution in [3.63, 3.8) is 0 Å². The zero-order chi connectivity index (χ0) is 16.7. The van der Waals surface area contributed by atoms with Crippen molar-refractivity contribution in [1.29, 1.82) is 0 Å². The average Bonchev–Trinajstić information content (AvgIpc) is 3.03. The fourth-order valence-corrected chi connectivity index (χ4v) is 4.26. The van der Waals surface area contributed by atoms with Gasteiger partial charge < -0.3 is 14.9 Å². The predicted molar refractivity (Wildman–Crippen MR) is 88.0 cm³/mol. The molecular weight excluding hydrogens is 292 g/mol. The zero-order valence-electron chi connectivity index (χ0n) is 14.5. The standard InChI is InChI=1S/C17H28N4O2/c1-10-14(11(2)19-18-10)7-17(23)21-8-12-5-15(20(3)4)16(22)6-13(12)9-21/h12-13,15-16,22H,5-9H2,1-4H3,(H,18,19)/t12-,13+,15-,16-/m1/s1. The number of fused-ring (bicyclic) bond motifs is 1. The van der Waals surface area contributed by atoms with Crippen LogP contribution in [0.1, 0.15) is 29.8 Å². The van der Waals surface area contributed by atoms with E-state index in [2.05, 4.69) is 15.1 Å². The minimum atomic E-state index is -0.278. The number of aryl methyl sites for hydroxylation is 2. The van der Waals surface area contributed by atoms with Gasteiger partial charge in [-0.3, -0.25) is 9.89 Å². The van der Waals surface area contributed by atoms with Crippen LogP contribution >= 0.6 is 0 Å². The molecule has 1 saturated heterocycles. The van der Waals surface area contributed by atoms with E-state index in [1.54, 1.807) is 0 Å². The van der Waals surface area contributed by atoms with E-state index >= 15 is 0 Å². The van der Waals surface area contributed by atoms with Crippen molar-refractivity contribution in [3.8, 4) is 0 Å². The van der Waals surface area contributed by atoms with E-state index in [-0.39, 0.29) is 18.1 Å². The lowest BCUT2D eigenvalue weighted by atomic mass is 9.77. The number of hydrogen-bond acceptors (Lipinski definition) is 4. The molecule has 0 aromatic carbocycles. The van der Waals surface area contributed by atoms with Gasteiger partial charge >= 0.3 is 0 Å². The Morgan fingerprint density at radius 3 is 2.52 bits per heavy atom. The summed E-state index contributed by atoms with van der Waals surface area (Å²) < 4.78 is 0. The molecule has 1 amide bonds. The third-order valence-corrected chi connectivity index (χ3v) is 5.73. The predicted octanol–water partition coefficient (Wildman–Crippen LogP) is 0.729. The summed E-state index contributed by atoms with van der Waals surface area (Å²) in [5.41, 5.74) is 2.92. The number of aliphatic hydroxyl groups is 1. The Hall–Kier alpha value is -1.40. The van der Waals surface area contributed by atoms with Crippen molar-refractivity contribution >= 4 is 5.91 Å². The molecule has 4 atom stereocenters. The summed E-state index contributed by atoms with van der Waals surface area (Å²) in [6.45, 7) is 5.52. The SMILES string of the molecule is Cc1n[nH]c(C)c1CC(=O)N1C[C@H]2C[C@@H](N(C)C)[C@H](O)C[C@H]2C1. The number of nitrogens with one attached hydrogen (secondary N) is 1. The average molecular weight is 320 g/mol. The van der Waals surface area contributed by atoms with E-state index in [0.29, 0.717) is 18.3 Å². The quantitative estimate of drug-likeness (QED) is 0.861. The van der Waals surface area contributed by atoms with Gasteiger partial charge in [0.1, 0.15) is 0 Å². The molecule has 1 aliphatic heterocycles. The summed E-state index contributed by atoms with van der Waals surface area (Å²) in [7, 11) is 4.05. The minimum absolute atomic E-state index is 0.183. The fraction of sp³-hybridized carbons (Fsp3) is 0.765. The summed E-state index contributed by atoms with van der Waals surface area (Å²) >= 11 is 0. The molecule has 0 spiro atoms. The van der Waals surface area contributed by atoms with Gasteiger partial charge in [0, 0.05) is 30.4 Å². The Labute approximate surface area is 137 Å². The summed E-state index contributed by atoms with van der Waals surface area (Å²) in [5, 5.41) is 17.5. The van der Waals surface area contributed by atoms with Crippen LogP contribution in [-0.2, 0) is 11.2 Å². The van der Waals surface area contributed by atoms with Crippen molar-refractivity contribution in [2.45, 2.75) is 45.3 Å². The van der Waals surface area contributed by atoms with Crippen molar-refractivity contribution in [1.82, 2.24) is 20.0 Å². The van der Waals surface area contributed by atoms with Crippen molar-refractivity contribution in [3.05, 3.63) is 17.0 Å². The van der Waals surface area contributed by atoms with E-state index in [1.165, 1.54) is 0 Å². The van der Waals surface area contributed by atoms with Crippen molar-refractivity contribution in [2.75, 3.05) is 27.2 Å². The topological polar surface area (TPSA) is 72.5 Å². The van der Waals surface area contributed by atoms with Gasteiger partial charge in [-0.25, -0.2) is 0 Å². The van der Waals surface area contributed by atoms with Crippen LogP contribution in [0.2, 0.25) is 0 Å². The first kappa shape index (κ1) is 16.5. The lowest BCUT2D eigenvalue weighted by molar-refractivity contribution is -0.129. The van der Waals surface area contributed by atoms with Crippen molar-refractivity contribution in [2.24, 2.45) is 11.8 Å². The maximum absolute atomic E-state index is 12.7. The number of aromatic nitrogens is 2. The highest BCUT2D eigenvalue weighted by atomic mass is 16.3. The van der Waals surface area contributed by atoms with Crippen LogP contribution in [0.4, 0.5) is 0 Å². The lowest BCUT2D eigenvalue weighted by Crippen LogP contribution is -2.46. The molecule has 1 aliphatic carbocycles. The molecule has 1 aromatic rings. The summed E-state index contributed by atoms with van der Waals surface area (Å²) in [6.07, 6.45) is 1.93. The Bertz CT molecular complexity index is 564. The molecule has 0 bridgehead atoms. The molecular formula is C17H28N4O2. The lowest BCUT2D eigenvalue weighted by Gasteiger charge is -2.38. The van der Waals surface area contributed by atoms with Gasteiger partial charge in [-0.15, -0.1) is 0 Å². The number of aliphatic hydroxyl groups excluding tert-OH is 1. The molecule has 128 valence electrons. The van der Waals surface area contributed by atoms with E-state index in [0.717, 1.165) is 42.9 Å². The molecule has 0 unspecified atom stereocenters. The normalized spacial score (nSPS) is 30.8. The van der Waals surface area contributed by atoms with Crippen LogP contribution in [0.5, 0.6) is 0 Å². The molecule has 23 heavy (non-hydrogen) atoms. The molecule has 1 aromatic heterocycles. The second-order valence-electron chi connectivity index (χ2n) is 7.48. The molecule has 6 nitrogen and oxygen atoms in total. The first-order valence-electron chi connectivity index (χ1n) is 8.49. The van der Waals surface area contributed by atoms with Gasteiger partial charge in [0.25, 0.3) is 0 Å². The maximum atomic E-state index is 12.7. The Balaban J connectivity index is 1.64. The van der Waals surface area contributed by atoms with Crippen LogP contribution in [0.3, 0.4) is 0 Å². The van der Waals surface area contributed by atoms with E-state index in [9.17, 15) is 9.90 Å². The van der Waals surface area contributed by atoms with Crippen LogP contribution in [-0.4, -0.2) is 70.3 Å². The molecule has 2 N–H and O–H groups in total. The first-order valence-corrected chi connectivity index (χ1v) is 8.49. The first-order chi connectivity index (χ1) is 10.9. The number of hydrogen-bond donors (Lipinski definition) is 2. The smallest absolute Gasteiger partial charge is 0.227 e. The molecule has 2 fully saturated rings. The summed E-state index contributed by atoms with van der Waals surface area (Å²) in [5.74, 6) is 1.14. The van der Waals surface area contributed by atoms with Gasteiger partial charge in [-0.2, -0.15) is 5.10 Å². The molecule has 1 saturated carbocycles. The van der Waals surface area contributed by atoms with Gasteiger partial charge in [0.15, 0.2) is 0 Å². The molecule has 3 rings (SSSR count). The molecule has 6 heteroatoms. The molecule has 2 aliphatic rings. The van der Waals surface area contributed by atoms with Crippen LogP contribution in [0, 0.1) is 25.7 Å². The maximum Gasteiger partial charge on any atom is 0.227 e. The van der Waals surface area contributed by atoms with Crippen LogP contribution in [0.25, 0.3) is 0 Å². The van der Waals surface area contributed by atoms with E-state index < -0.39 is 0 Å². The number of aromatic amines is 1. The van der Waals surface area contributed by atoms with E-state index in [1.807, 2.05) is 32.8 Å². The largest absolute Gasteiger partial charge is 0.391 e. The number of H-pyrrole nitrogens is 1. The molecule has 2 heterocycles. The summed E-state index contributed by atoms with van der Waals surface area (Å²) in [4.78, 5) is 16.8. The second kappa shape index (κ2) is 6.24. The second-order valence-corrected chi connectivity index (χ2v) is 7.48. The van der Waals surface area contributed by atoms with E-state index in [4.69, 9.17) is 0 Å². The number of carbonyl (C=O) groups excluding carboxylic acids is 1. The van der Waals surface area contributed by atoms with Crippen LogP contribution in [0.15, 0.2) is 0 Å². The number of likely N-dealkylation sites (N-methyl/N-ethyl adjacent to an activating group) is 1. The number of likely N-dealkylation sites (tertiary alicyclic amines) is 1. The highest BCUT2D eigenvalue weighted by Crippen LogP contribution is 2.38. The van der Waals surface area contributed by atoms with Crippen LogP contribution < -0.4 is 0 Å². The minimum Gasteiger partial charge on any atom is -0.391 e. The Morgan fingerprint density at radius 2 is 1.96 bits per heavy atom. The Morgan fingerprint density at radius 1 is 1.30 bits per heavy atom. The van der Waals surface area contributed by atoms with Gasteiger partial charge in [-0.05, 0) is 52.6 Å². The number of nitrogens with zero attached hydrogens (tertiary/aromatic N) is 3. The Kier molecular flexibility index (Phi) is 4.47. The fourth-order valence-electron chi connectivity index (χ4n) is 4.26. The highest BCUT2D eigenvalue weighted by molar-refractivity contribution is 5.79. The van der Waals surface area contributed by atoms with Gasteiger partial charge in [-0.1, -0.05) is 0 Å². The van der Waals surface area contributed by atoms with Gasteiger partial charge in [0.2, 0.25) is 5.91 Å².